The molecule has 100 valence electrons. The first-order chi connectivity index (χ1) is 9.16. The molecule has 0 aliphatic carbocycles. The normalized spacial score (nSPS) is 12.1. The van der Waals surface area contributed by atoms with E-state index in [1.165, 1.54) is 11.8 Å². The number of anilines is 1. The molecule has 0 radical (unpaired) electrons. The molecular formula is C14H16N2O2S. The highest BCUT2D eigenvalue weighted by Gasteiger charge is 2.15. The van der Waals surface area contributed by atoms with E-state index in [0.29, 0.717) is 12.2 Å². The summed E-state index contributed by atoms with van der Waals surface area (Å²) >= 11 is 1.45. The summed E-state index contributed by atoms with van der Waals surface area (Å²) in [6, 6.07) is 11.1. The van der Waals surface area contributed by atoms with E-state index in [0.717, 1.165) is 10.7 Å². The molecule has 3 N–H and O–H groups in total. The van der Waals surface area contributed by atoms with Crippen LogP contribution in [0.2, 0.25) is 0 Å². The standard InChI is InChI=1S/C14H16N2O2S/c1-10(19-13-7-3-2-6-12(13)15)14(17)16-9-11-5-4-8-18-11/h2-8,10H,9,15H2,1H3,(H,16,17). The molecule has 0 spiro atoms. The number of carbonyl (C=O) groups excluding carboxylic acids is 1. The predicted molar refractivity (Wildman–Crippen MR) is 76.7 cm³/mol. The minimum Gasteiger partial charge on any atom is -0.467 e. The molecular weight excluding hydrogens is 260 g/mol. The van der Waals surface area contributed by atoms with E-state index < -0.39 is 0 Å². The van der Waals surface area contributed by atoms with Crippen LogP contribution in [0.1, 0.15) is 12.7 Å². The highest BCUT2D eigenvalue weighted by atomic mass is 32.2. The second-order valence-corrected chi connectivity index (χ2v) is 5.48. The zero-order valence-electron chi connectivity index (χ0n) is 10.6. The van der Waals surface area contributed by atoms with Crippen LogP contribution in [0.3, 0.4) is 0 Å². The first kappa shape index (κ1) is 13.5. The van der Waals surface area contributed by atoms with Crippen molar-refractivity contribution in [2.75, 3.05) is 5.73 Å². The molecule has 0 aliphatic rings. The van der Waals surface area contributed by atoms with Crippen molar-refractivity contribution in [1.82, 2.24) is 5.32 Å². The lowest BCUT2D eigenvalue weighted by atomic mass is 10.3. The maximum absolute atomic E-state index is 11.9. The topological polar surface area (TPSA) is 68.3 Å². The molecule has 2 aromatic rings. The molecule has 2 rings (SSSR count). The number of para-hydroxylation sites is 1. The Balaban J connectivity index is 1.87. The number of amides is 1. The van der Waals surface area contributed by atoms with Crippen LogP contribution in [-0.4, -0.2) is 11.2 Å². The molecule has 0 aliphatic heterocycles. The summed E-state index contributed by atoms with van der Waals surface area (Å²) in [4.78, 5) is 12.9. The van der Waals surface area contributed by atoms with Crippen LogP contribution in [0, 0.1) is 0 Å². The largest absolute Gasteiger partial charge is 0.467 e. The van der Waals surface area contributed by atoms with Gasteiger partial charge < -0.3 is 15.5 Å². The maximum Gasteiger partial charge on any atom is 0.233 e. The van der Waals surface area contributed by atoms with Crippen molar-refractivity contribution in [1.29, 1.82) is 0 Å². The van der Waals surface area contributed by atoms with Gasteiger partial charge >= 0.3 is 0 Å². The summed E-state index contributed by atoms with van der Waals surface area (Å²) in [6.45, 7) is 2.26. The molecule has 1 atom stereocenters. The number of hydrogen-bond acceptors (Lipinski definition) is 4. The van der Waals surface area contributed by atoms with E-state index in [1.54, 1.807) is 12.3 Å². The monoisotopic (exact) mass is 276 g/mol. The van der Waals surface area contributed by atoms with Gasteiger partial charge in [0.2, 0.25) is 5.91 Å². The Hall–Kier alpha value is -1.88. The zero-order chi connectivity index (χ0) is 13.7. The van der Waals surface area contributed by atoms with E-state index in [9.17, 15) is 4.79 Å². The number of nitrogen functional groups attached to an aromatic ring is 1. The van der Waals surface area contributed by atoms with Gasteiger partial charge in [0.25, 0.3) is 0 Å². The first-order valence-corrected chi connectivity index (χ1v) is 6.86. The van der Waals surface area contributed by atoms with Crippen molar-refractivity contribution < 1.29 is 9.21 Å². The lowest BCUT2D eigenvalue weighted by molar-refractivity contribution is -0.120. The van der Waals surface area contributed by atoms with Crippen LogP contribution in [0.15, 0.2) is 52.0 Å². The SMILES string of the molecule is CC(Sc1ccccc1N)C(=O)NCc1ccco1. The molecule has 1 aromatic carbocycles. The highest BCUT2D eigenvalue weighted by molar-refractivity contribution is 8.00. The van der Waals surface area contributed by atoms with Gasteiger partial charge in [-0.15, -0.1) is 11.8 Å². The van der Waals surface area contributed by atoms with Gasteiger partial charge in [-0.1, -0.05) is 12.1 Å². The van der Waals surface area contributed by atoms with Crippen molar-refractivity contribution in [3.8, 4) is 0 Å². The summed E-state index contributed by atoms with van der Waals surface area (Å²) in [6.07, 6.45) is 1.59. The Morgan fingerprint density at radius 2 is 2.16 bits per heavy atom. The summed E-state index contributed by atoms with van der Waals surface area (Å²) in [5.41, 5.74) is 6.55. The number of furan rings is 1. The van der Waals surface area contributed by atoms with Gasteiger partial charge in [-0.2, -0.15) is 0 Å². The van der Waals surface area contributed by atoms with Crippen molar-refractivity contribution in [3.05, 3.63) is 48.4 Å². The first-order valence-electron chi connectivity index (χ1n) is 5.98. The average Bonchev–Trinajstić information content (AvgIpc) is 2.91. The summed E-state index contributed by atoms with van der Waals surface area (Å²) in [7, 11) is 0. The van der Waals surface area contributed by atoms with Crippen molar-refractivity contribution >= 4 is 23.4 Å². The number of benzene rings is 1. The van der Waals surface area contributed by atoms with E-state index >= 15 is 0 Å². The van der Waals surface area contributed by atoms with Gasteiger partial charge in [0.05, 0.1) is 18.1 Å². The Kier molecular flexibility index (Phi) is 4.52. The van der Waals surface area contributed by atoms with Gasteiger partial charge in [0, 0.05) is 10.6 Å². The third-order valence-corrected chi connectivity index (χ3v) is 3.80. The van der Waals surface area contributed by atoms with Crippen LogP contribution in [0.4, 0.5) is 5.69 Å². The predicted octanol–water partition coefficient (Wildman–Crippen LogP) is 2.66. The third-order valence-electron chi connectivity index (χ3n) is 2.61. The van der Waals surface area contributed by atoms with Gasteiger partial charge in [-0.3, -0.25) is 4.79 Å². The zero-order valence-corrected chi connectivity index (χ0v) is 11.4. The molecule has 0 bridgehead atoms. The number of nitrogens with two attached hydrogens (primary N) is 1. The number of hydrogen-bond donors (Lipinski definition) is 2. The molecule has 0 fully saturated rings. The second-order valence-electron chi connectivity index (χ2n) is 4.10. The molecule has 4 nitrogen and oxygen atoms in total. The number of thioether (sulfide) groups is 1. The van der Waals surface area contributed by atoms with E-state index in [1.807, 2.05) is 37.3 Å². The molecule has 0 saturated carbocycles. The minimum absolute atomic E-state index is 0.0374. The molecule has 1 heterocycles. The highest BCUT2D eigenvalue weighted by Crippen LogP contribution is 2.28. The second kappa shape index (κ2) is 6.33. The van der Waals surface area contributed by atoms with Gasteiger partial charge in [0.15, 0.2) is 0 Å². The molecule has 0 saturated heterocycles. The van der Waals surface area contributed by atoms with E-state index in [-0.39, 0.29) is 11.2 Å². The number of carbonyl (C=O) groups is 1. The van der Waals surface area contributed by atoms with E-state index in [2.05, 4.69) is 5.32 Å². The molecule has 19 heavy (non-hydrogen) atoms. The van der Waals surface area contributed by atoms with Crippen molar-refractivity contribution in [3.63, 3.8) is 0 Å². The summed E-state index contributed by atoms with van der Waals surface area (Å²) in [5.74, 6) is 0.703. The van der Waals surface area contributed by atoms with Crippen LogP contribution in [-0.2, 0) is 11.3 Å². The van der Waals surface area contributed by atoms with Crippen LogP contribution in [0.25, 0.3) is 0 Å². The van der Waals surface area contributed by atoms with Gasteiger partial charge in [-0.25, -0.2) is 0 Å². The van der Waals surface area contributed by atoms with Gasteiger partial charge in [0.1, 0.15) is 5.76 Å². The summed E-state index contributed by atoms with van der Waals surface area (Å²) < 4.78 is 5.16. The Morgan fingerprint density at radius 1 is 1.37 bits per heavy atom. The smallest absolute Gasteiger partial charge is 0.233 e. The lowest BCUT2D eigenvalue weighted by Crippen LogP contribution is -2.30. The summed E-state index contributed by atoms with van der Waals surface area (Å²) in [5, 5.41) is 2.62. The maximum atomic E-state index is 11.9. The fraction of sp³-hybridized carbons (Fsp3) is 0.214. The van der Waals surface area contributed by atoms with Gasteiger partial charge in [-0.05, 0) is 31.2 Å². The van der Waals surface area contributed by atoms with Crippen LogP contribution < -0.4 is 11.1 Å². The third kappa shape index (κ3) is 3.79. The fourth-order valence-electron chi connectivity index (χ4n) is 1.56. The Bertz CT molecular complexity index is 540. The quantitative estimate of drug-likeness (QED) is 0.650. The molecule has 1 aromatic heterocycles. The number of nitrogens with one attached hydrogen (secondary N) is 1. The molecule has 1 amide bonds. The Morgan fingerprint density at radius 3 is 2.84 bits per heavy atom. The van der Waals surface area contributed by atoms with Crippen molar-refractivity contribution in [2.24, 2.45) is 0 Å². The lowest BCUT2D eigenvalue weighted by Gasteiger charge is -2.12. The van der Waals surface area contributed by atoms with E-state index in [4.69, 9.17) is 10.2 Å². The average molecular weight is 276 g/mol. The van der Waals surface area contributed by atoms with Crippen molar-refractivity contribution in [2.45, 2.75) is 23.6 Å². The van der Waals surface area contributed by atoms with Crippen LogP contribution in [0.5, 0.6) is 0 Å². The number of rotatable bonds is 5. The molecule has 5 heteroatoms. The minimum atomic E-state index is -0.209. The Labute approximate surface area is 116 Å². The van der Waals surface area contributed by atoms with Crippen LogP contribution >= 0.6 is 11.8 Å². The molecule has 1 unspecified atom stereocenters. The fourth-order valence-corrected chi connectivity index (χ4v) is 2.50.